The van der Waals surface area contributed by atoms with Crippen LogP contribution in [0.3, 0.4) is 0 Å². The second kappa shape index (κ2) is 6.72. The van der Waals surface area contributed by atoms with Crippen molar-refractivity contribution in [2.75, 3.05) is 26.2 Å². The van der Waals surface area contributed by atoms with Gasteiger partial charge in [-0.05, 0) is 41.4 Å². The van der Waals surface area contributed by atoms with E-state index < -0.39 is 5.54 Å². The van der Waals surface area contributed by atoms with Gasteiger partial charge in [0.25, 0.3) is 0 Å². The number of aromatic nitrogens is 1. The Morgan fingerprint density at radius 3 is 2.62 bits per heavy atom. The van der Waals surface area contributed by atoms with Gasteiger partial charge in [0, 0.05) is 49.6 Å². The monoisotopic (exact) mass is 355 g/mol. The smallest absolute Gasteiger partial charge is 0.159 e. The number of nitrogens with zero attached hydrogens (tertiary/aromatic N) is 4. The van der Waals surface area contributed by atoms with E-state index in [1.165, 1.54) is 5.56 Å². The largest absolute Gasteiger partial charge is 0.409 e. The third kappa shape index (κ3) is 3.93. The summed E-state index contributed by atoms with van der Waals surface area (Å²) in [5.74, 6) is 0.257. The molecule has 116 valence electrons. The standard InChI is InChI=1S/C14H22BrN5O/c1-14(2,13(16)18-21)20-5-3-19(4-6-20)10-11-7-12(15)9-17-8-11/h7-9,21H,3-6,10H2,1-2H3,(H2,16,18). The zero-order valence-electron chi connectivity index (χ0n) is 12.5. The van der Waals surface area contributed by atoms with Crippen LogP contribution >= 0.6 is 15.9 Å². The van der Waals surface area contributed by atoms with Crippen molar-refractivity contribution in [1.82, 2.24) is 14.8 Å². The molecule has 3 N–H and O–H groups in total. The number of nitrogens with two attached hydrogens (primary N) is 1. The normalized spacial score (nSPS) is 18.9. The molecular formula is C14H22BrN5O. The number of oxime groups is 1. The van der Waals surface area contributed by atoms with E-state index >= 15 is 0 Å². The summed E-state index contributed by atoms with van der Waals surface area (Å²) >= 11 is 3.45. The first kappa shape index (κ1) is 16.2. The zero-order valence-corrected chi connectivity index (χ0v) is 14.0. The second-order valence-electron chi connectivity index (χ2n) is 5.82. The van der Waals surface area contributed by atoms with Gasteiger partial charge in [0.1, 0.15) is 0 Å². The molecule has 0 saturated carbocycles. The van der Waals surface area contributed by atoms with E-state index in [2.05, 4.69) is 41.9 Å². The lowest BCUT2D eigenvalue weighted by Crippen LogP contribution is -2.59. The highest BCUT2D eigenvalue weighted by molar-refractivity contribution is 9.10. The van der Waals surface area contributed by atoms with Crippen molar-refractivity contribution in [3.05, 3.63) is 28.5 Å². The Labute approximate surface area is 133 Å². The molecule has 0 aromatic carbocycles. The Bertz CT molecular complexity index is 512. The van der Waals surface area contributed by atoms with E-state index in [1.807, 2.05) is 20.0 Å². The molecule has 1 saturated heterocycles. The molecule has 2 heterocycles. The number of pyridine rings is 1. The number of piperazine rings is 1. The van der Waals surface area contributed by atoms with Crippen molar-refractivity contribution < 1.29 is 5.21 Å². The fourth-order valence-electron chi connectivity index (χ4n) is 2.55. The number of hydrogen-bond donors (Lipinski definition) is 2. The van der Waals surface area contributed by atoms with Crippen LogP contribution in [-0.2, 0) is 6.54 Å². The highest BCUT2D eigenvalue weighted by Gasteiger charge is 2.33. The molecule has 0 bridgehead atoms. The zero-order chi connectivity index (χ0) is 15.5. The molecule has 0 amide bonds. The van der Waals surface area contributed by atoms with E-state index in [0.717, 1.165) is 37.2 Å². The van der Waals surface area contributed by atoms with Gasteiger partial charge in [0.2, 0.25) is 0 Å². The minimum atomic E-state index is -0.418. The topological polar surface area (TPSA) is 78.0 Å². The van der Waals surface area contributed by atoms with Gasteiger partial charge < -0.3 is 10.9 Å². The van der Waals surface area contributed by atoms with E-state index in [1.54, 1.807) is 6.20 Å². The van der Waals surface area contributed by atoms with Gasteiger partial charge in [0.05, 0.1) is 5.54 Å². The number of amidine groups is 1. The summed E-state index contributed by atoms with van der Waals surface area (Å²) in [5, 5.41) is 12.0. The summed E-state index contributed by atoms with van der Waals surface area (Å²) < 4.78 is 1.01. The SMILES string of the molecule is CC(C)(/C(N)=N/O)N1CCN(Cc2cncc(Br)c2)CC1. The molecule has 0 atom stereocenters. The number of hydrogen-bond acceptors (Lipinski definition) is 5. The van der Waals surface area contributed by atoms with Crippen LogP contribution in [-0.4, -0.2) is 57.5 Å². The summed E-state index contributed by atoms with van der Waals surface area (Å²) in [6, 6.07) is 2.10. The van der Waals surface area contributed by atoms with Gasteiger partial charge in [-0.2, -0.15) is 0 Å². The van der Waals surface area contributed by atoms with E-state index in [4.69, 9.17) is 10.9 Å². The van der Waals surface area contributed by atoms with E-state index in [0.29, 0.717) is 0 Å². The number of rotatable bonds is 4. The molecule has 0 aliphatic carbocycles. The highest BCUT2D eigenvalue weighted by Crippen LogP contribution is 2.19. The molecule has 6 nitrogen and oxygen atoms in total. The first-order valence-electron chi connectivity index (χ1n) is 6.98. The van der Waals surface area contributed by atoms with Gasteiger partial charge in [0.15, 0.2) is 5.84 Å². The van der Waals surface area contributed by atoms with Gasteiger partial charge in [-0.1, -0.05) is 5.16 Å². The average Bonchev–Trinajstić information content (AvgIpc) is 2.47. The summed E-state index contributed by atoms with van der Waals surface area (Å²) in [7, 11) is 0. The Kier molecular flexibility index (Phi) is 5.18. The molecule has 0 radical (unpaired) electrons. The van der Waals surface area contributed by atoms with Crippen LogP contribution in [0.5, 0.6) is 0 Å². The molecule has 1 aromatic rings. The molecule has 7 heteroatoms. The van der Waals surface area contributed by atoms with Gasteiger partial charge in [-0.3, -0.25) is 14.8 Å². The summed E-state index contributed by atoms with van der Waals surface area (Å²) in [6.45, 7) is 8.55. The van der Waals surface area contributed by atoms with Crippen LogP contribution in [0.25, 0.3) is 0 Å². The predicted molar refractivity (Wildman–Crippen MR) is 86.3 cm³/mol. The molecule has 1 aliphatic rings. The van der Waals surface area contributed by atoms with Crippen molar-refractivity contribution in [3.8, 4) is 0 Å². The van der Waals surface area contributed by atoms with Crippen LogP contribution in [0.15, 0.2) is 28.1 Å². The Hall–Kier alpha value is -1.18. The lowest BCUT2D eigenvalue weighted by Gasteiger charge is -2.43. The lowest BCUT2D eigenvalue weighted by atomic mass is 10.00. The molecule has 0 spiro atoms. The number of halogens is 1. The third-order valence-corrected chi connectivity index (χ3v) is 4.50. The van der Waals surface area contributed by atoms with Crippen molar-refractivity contribution in [1.29, 1.82) is 0 Å². The van der Waals surface area contributed by atoms with Crippen LogP contribution in [0.4, 0.5) is 0 Å². The summed E-state index contributed by atoms with van der Waals surface area (Å²) in [6.07, 6.45) is 3.69. The fourth-order valence-corrected chi connectivity index (χ4v) is 2.96. The maximum absolute atomic E-state index is 8.89. The third-order valence-electron chi connectivity index (χ3n) is 4.07. The van der Waals surface area contributed by atoms with Crippen molar-refractivity contribution in [2.45, 2.75) is 25.9 Å². The molecule has 1 aromatic heterocycles. The second-order valence-corrected chi connectivity index (χ2v) is 6.73. The van der Waals surface area contributed by atoms with E-state index in [-0.39, 0.29) is 5.84 Å². The van der Waals surface area contributed by atoms with Crippen LogP contribution in [0.1, 0.15) is 19.4 Å². The minimum absolute atomic E-state index is 0.257. The summed E-state index contributed by atoms with van der Waals surface area (Å²) in [4.78, 5) is 8.83. The highest BCUT2D eigenvalue weighted by atomic mass is 79.9. The van der Waals surface area contributed by atoms with Gasteiger partial charge in [-0.25, -0.2) is 0 Å². The molecule has 1 fully saturated rings. The molecule has 1 aliphatic heterocycles. The Balaban J connectivity index is 1.92. The molecule has 2 rings (SSSR count). The average molecular weight is 356 g/mol. The summed E-state index contributed by atoms with van der Waals surface area (Å²) in [5.41, 5.74) is 6.57. The lowest BCUT2D eigenvalue weighted by molar-refractivity contribution is 0.0793. The van der Waals surface area contributed by atoms with E-state index in [9.17, 15) is 0 Å². The van der Waals surface area contributed by atoms with Crippen molar-refractivity contribution in [3.63, 3.8) is 0 Å². The van der Waals surface area contributed by atoms with Gasteiger partial charge in [-0.15, -0.1) is 0 Å². The Morgan fingerprint density at radius 1 is 1.38 bits per heavy atom. The first-order chi connectivity index (χ1) is 9.93. The maximum atomic E-state index is 8.89. The first-order valence-corrected chi connectivity index (χ1v) is 7.77. The van der Waals surface area contributed by atoms with Crippen molar-refractivity contribution >= 4 is 21.8 Å². The van der Waals surface area contributed by atoms with Crippen LogP contribution in [0.2, 0.25) is 0 Å². The molecule has 21 heavy (non-hydrogen) atoms. The van der Waals surface area contributed by atoms with Crippen LogP contribution in [0, 0.1) is 0 Å². The molecular weight excluding hydrogens is 334 g/mol. The van der Waals surface area contributed by atoms with Crippen molar-refractivity contribution in [2.24, 2.45) is 10.9 Å². The Morgan fingerprint density at radius 2 is 2.05 bits per heavy atom. The van der Waals surface area contributed by atoms with Gasteiger partial charge >= 0.3 is 0 Å². The quantitative estimate of drug-likeness (QED) is 0.370. The predicted octanol–water partition coefficient (Wildman–Crippen LogP) is 1.49. The fraction of sp³-hybridized carbons (Fsp3) is 0.571. The van der Waals surface area contributed by atoms with Crippen LogP contribution < -0.4 is 5.73 Å². The molecule has 0 unspecified atom stereocenters. The maximum Gasteiger partial charge on any atom is 0.159 e. The minimum Gasteiger partial charge on any atom is -0.409 e.